The van der Waals surface area contributed by atoms with Gasteiger partial charge in [0.25, 0.3) is 11.8 Å². The predicted octanol–water partition coefficient (Wildman–Crippen LogP) is 2.97. The van der Waals surface area contributed by atoms with Crippen LogP contribution in [0.15, 0.2) is 46.9 Å². The highest BCUT2D eigenvalue weighted by molar-refractivity contribution is 9.10. The van der Waals surface area contributed by atoms with Crippen molar-refractivity contribution in [3.8, 4) is 0 Å². The molecule has 108 valence electrons. The Balaban J connectivity index is 2.02. The second-order valence-electron chi connectivity index (χ2n) is 4.40. The Morgan fingerprint density at radius 2 is 1.62 bits per heavy atom. The van der Waals surface area contributed by atoms with Gasteiger partial charge in [0.05, 0.1) is 5.56 Å². The van der Waals surface area contributed by atoms with Crippen LogP contribution in [0, 0.1) is 12.7 Å². The normalized spacial score (nSPS) is 10.0. The number of hydrazine groups is 1. The van der Waals surface area contributed by atoms with Crippen molar-refractivity contribution in [2.75, 3.05) is 0 Å². The molecule has 4 nitrogen and oxygen atoms in total. The summed E-state index contributed by atoms with van der Waals surface area (Å²) in [5.41, 5.74) is 6.07. The van der Waals surface area contributed by atoms with Crippen molar-refractivity contribution in [2.24, 2.45) is 0 Å². The molecule has 0 aliphatic carbocycles. The zero-order valence-electron chi connectivity index (χ0n) is 11.1. The van der Waals surface area contributed by atoms with Crippen LogP contribution in [-0.2, 0) is 0 Å². The van der Waals surface area contributed by atoms with Crippen molar-refractivity contribution in [3.63, 3.8) is 0 Å². The van der Waals surface area contributed by atoms with Gasteiger partial charge in [0.2, 0.25) is 0 Å². The van der Waals surface area contributed by atoms with Gasteiger partial charge in [-0.05, 0) is 53.2 Å². The van der Waals surface area contributed by atoms with Crippen LogP contribution < -0.4 is 10.9 Å². The van der Waals surface area contributed by atoms with E-state index in [9.17, 15) is 14.0 Å². The summed E-state index contributed by atoms with van der Waals surface area (Å²) < 4.78 is 13.6. The van der Waals surface area contributed by atoms with Crippen LogP contribution in [0.25, 0.3) is 0 Å². The second kappa shape index (κ2) is 6.49. The van der Waals surface area contributed by atoms with E-state index in [4.69, 9.17) is 0 Å². The van der Waals surface area contributed by atoms with Crippen molar-refractivity contribution < 1.29 is 14.0 Å². The highest BCUT2D eigenvalue weighted by Gasteiger charge is 2.12. The molecule has 2 aromatic rings. The molecule has 0 atom stereocenters. The van der Waals surface area contributed by atoms with Gasteiger partial charge in [0.15, 0.2) is 0 Å². The summed E-state index contributed by atoms with van der Waals surface area (Å²) >= 11 is 3.15. The lowest BCUT2D eigenvalue weighted by atomic mass is 10.1. The molecule has 0 unspecified atom stereocenters. The van der Waals surface area contributed by atoms with Crippen molar-refractivity contribution >= 4 is 27.7 Å². The van der Waals surface area contributed by atoms with Gasteiger partial charge in [-0.1, -0.05) is 17.7 Å². The molecule has 0 aliphatic heterocycles. The summed E-state index contributed by atoms with van der Waals surface area (Å²) in [6.45, 7) is 1.91. The van der Waals surface area contributed by atoms with Crippen LogP contribution in [0.3, 0.4) is 0 Å². The molecule has 2 amide bonds. The number of hydrogen-bond donors (Lipinski definition) is 2. The summed E-state index contributed by atoms with van der Waals surface area (Å²) in [6, 6.07) is 10.6. The molecule has 2 rings (SSSR count). The average molecular weight is 351 g/mol. The van der Waals surface area contributed by atoms with Crippen LogP contribution in [0.2, 0.25) is 0 Å². The number of carbonyl (C=O) groups is 2. The summed E-state index contributed by atoms with van der Waals surface area (Å²) in [5.74, 6) is -1.59. The molecule has 0 bridgehead atoms. The molecule has 0 spiro atoms. The fourth-order valence-electron chi connectivity index (χ4n) is 1.63. The Bertz CT molecular complexity index is 687. The molecular formula is C15H12BrFN2O2. The Labute approximate surface area is 129 Å². The first-order valence-corrected chi connectivity index (χ1v) is 6.89. The highest BCUT2D eigenvalue weighted by atomic mass is 79.9. The Kier molecular flexibility index (Phi) is 4.70. The first-order chi connectivity index (χ1) is 9.97. The van der Waals surface area contributed by atoms with E-state index in [0.29, 0.717) is 10.0 Å². The van der Waals surface area contributed by atoms with Crippen LogP contribution >= 0.6 is 15.9 Å². The Morgan fingerprint density at radius 3 is 2.29 bits per heavy atom. The third-order valence-electron chi connectivity index (χ3n) is 2.78. The molecule has 6 heteroatoms. The van der Waals surface area contributed by atoms with Gasteiger partial charge in [-0.15, -0.1) is 0 Å². The van der Waals surface area contributed by atoms with Crippen LogP contribution in [-0.4, -0.2) is 11.8 Å². The summed E-state index contributed by atoms with van der Waals surface area (Å²) in [7, 11) is 0. The van der Waals surface area contributed by atoms with E-state index in [0.717, 1.165) is 11.6 Å². The molecule has 2 aromatic carbocycles. The molecule has 0 saturated carbocycles. The van der Waals surface area contributed by atoms with Gasteiger partial charge >= 0.3 is 0 Å². The smallest absolute Gasteiger partial charge is 0.267 e. The minimum Gasteiger partial charge on any atom is -0.267 e. The maximum atomic E-state index is 13.1. The van der Waals surface area contributed by atoms with E-state index in [2.05, 4.69) is 26.8 Å². The van der Waals surface area contributed by atoms with Crippen LogP contribution in [0.4, 0.5) is 4.39 Å². The number of hydrogen-bond acceptors (Lipinski definition) is 2. The van der Waals surface area contributed by atoms with E-state index in [1.165, 1.54) is 12.1 Å². The molecule has 0 saturated heterocycles. The van der Waals surface area contributed by atoms with Gasteiger partial charge in [-0.3, -0.25) is 20.4 Å². The number of benzene rings is 2. The predicted molar refractivity (Wildman–Crippen MR) is 80.2 cm³/mol. The maximum Gasteiger partial charge on any atom is 0.270 e. The molecular weight excluding hydrogens is 339 g/mol. The molecule has 21 heavy (non-hydrogen) atoms. The lowest BCUT2D eigenvalue weighted by Gasteiger charge is -2.09. The maximum absolute atomic E-state index is 13.1. The van der Waals surface area contributed by atoms with Crippen molar-refractivity contribution in [2.45, 2.75) is 6.92 Å². The van der Waals surface area contributed by atoms with E-state index < -0.39 is 17.6 Å². The van der Waals surface area contributed by atoms with Crippen molar-refractivity contribution in [1.82, 2.24) is 10.9 Å². The molecule has 2 N–H and O–H groups in total. The second-order valence-corrected chi connectivity index (χ2v) is 5.25. The number of rotatable bonds is 2. The lowest BCUT2D eigenvalue weighted by Crippen LogP contribution is -2.41. The van der Waals surface area contributed by atoms with E-state index in [-0.39, 0.29) is 5.56 Å². The molecule has 0 aliphatic rings. The van der Waals surface area contributed by atoms with E-state index in [1.54, 1.807) is 24.3 Å². The Hall–Kier alpha value is -2.21. The number of amides is 2. The summed E-state index contributed by atoms with van der Waals surface area (Å²) in [4.78, 5) is 23.7. The third-order valence-corrected chi connectivity index (χ3v) is 3.47. The summed E-state index contributed by atoms with van der Waals surface area (Å²) in [6.07, 6.45) is 0. The van der Waals surface area contributed by atoms with Crippen LogP contribution in [0.5, 0.6) is 0 Å². The van der Waals surface area contributed by atoms with Gasteiger partial charge < -0.3 is 0 Å². The third kappa shape index (κ3) is 3.88. The first kappa shape index (κ1) is 15.2. The van der Waals surface area contributed by atoms with Gasteiger partial charge in [-0.2, -0.15) is 0 Å². The molecule has 0 heterocycles. The van der Waals surface area contributed by atoms with Crippen LogP contribution in [0.1, 0.15) is 26.3 Å². The number of aryl methyl sites for hydroxylation is 1. The van der Waals surface area contributed by atoms with Gasteiger partial charge in [0.1, 0.15) is 5.82 Å². The monoisotopic (exact) mass is 350 g/mol. The largest absolute Gasteiger partial charge is 0.270 e. The molecule has 0 aromatic heterocycles. The summed E-state index contributed by atoms with van der Waals surface area (Å²) in [5, 5.41) is 0. The van der Waals surface area contributed by atoms with Crippen molar-refractivity contribution in [3.05, 3.63) is 69.4 Å². The minimum absolute atomic E-state index is 0.0965. The minimum atomic E-state index is -0.609. The first-order valence-electron chi connectivity index (χ1n) is 6.10. The van der Waals surface area contributed by atoms with Crippen molar-refractivity contribution in [1.29, 1.82) is 0 Å². The number of nitrogens with one attached hydrogen (secondary N) is 2. The van der Waals surface area contributed by atoms with E-state index in [1.807, 2.05) is 6.92 Å². The number of carbonyl (C=O) groups excluding carboxylic acids is 2. The standard InChI is InChI=1S/C15H12BrFN2O2/c1-9-2-4-10(5-3-9)14(20)18-19-15(21)12-8-11(17)6-7-13(12)16/h2-8H,1H3,(H,18,20)(H,19,21). The zero-order chi connectivity index (χ0) is 15.4. The quantitative estimate of drug-likeness (QED) is 0.818. The molecule has 0 radical (unpaired) electrons. The fraction of sp³-hybridized carbons (Fsp3) is 0.0667. The zero-order valence-corrected chi connectivity index (χ0v) is 12.7. The topological polar surface area (TPSA) is 58.2 Å². The lowest BCUT2D eigenvalue weighted by molar-refractivity contribution is 0.0846. The SMILES string of the molecule is Cc1ccc(C(=O)NNC(=O)c2cc(F)ccc2Br)cc1. The van der Waals surface area contributed by atoms with Gasteiger partial charge in [-0.25, -0.2) is 4.39 Å². The van der Waals surface area contributed by atoms with E-state index >= 15 is 0 Å². The van der Waals surface area contributed by atoms with Gasteiger partial charge in [0, 0.05) is 10.0 Å². The number of halogens is 2. The highest BCUT2D eigenvalue weighted by Crippen LogP contribution is 2.17. The fourth-order valence-corrected chi connectivity index (χ4v) is 2.06. The molecule has 0 fully saturated rings. The average Bonchev–Trinajstić information content (AvgIpc) is 2.47. The Morgan fingerprint density at radius 1 is 1.00 bits per heavy atom.